The van der Waals surface area contributed by atoms with Crippen LogP contribution >= 0.6 is 0 Å². The van der Waals surface area contributed by atoms with Crippen LogP contribution in [-0.2, 0) is 13.2 Å². The molecule has 0 fully saturated rings. The maximum Gasteiger partial charge on any atom is 0.125 e. The molecule has 0 aromatic heterocycles. The molecule has 0 heterocycles. The third-order valence-electron chi connectivity index (χ3n) is 3.45. The second-order valence-electron chi connectivity index (χ2n) is 5.29. The summed E-state index contributed by atoms with van der Waals surface area (Å²) in [6.45, 7) is 4.73. The molecule has 0 saturated carbocycles. The Morgan fingerprint density at radius 3 is 2.48 bits per heavy atom. The molecule has 0 bridgehead atoms. The number of ether oxygens (including phenoxy) is 2. The van der Waals surface area contributed by atoms with Crippen LogP contribution in [0.25, 0.3) is 0 Å². The van der Waals surface area contributed by atoms with Crippen LogP contribution in [0.2, 0.25) is 0 Å². The average molecular weight is 286 g/mol. The quantitative estimate of drug-likeness (QED) is 0.875. The van der Waals surface area contributed by atoms with Crippen molar-refractivity contribution in [2.45, 2.75) is 33.0 Å². The summed E-state index contributed by atoms with van der Waals surface area (Å²) in [6.07, 6.45) is 0. The summed E-state index contributed by atoms with van der Waals surface area (Å²) < 4.78 is 11.3. The van der Waals surface area contributed by atoms with Crippen molar-refractivity contribution in [1.82, 2.24) is 0 Å². The lowest BCUT2D eigenvalue weighted by molar-refractivity contribution is 0.278. The van der Waals surface area contributed by atoms with Crippen LogP contribution in [0.1, 0.15) is 36.5 Å². The van der Waals surface area contributed by atoms with Gasteiger partial charge in [-0.05, 0) is 35.2 Å². The smallest absolute Gasteiger partial charge is 0.125 e. The van der Waals surface area contributed by atoms with E-state index in [4.69, 9.17) is 9.47 Å². The van der Waals surface area contributed by atoms with Crippen LogP contribution in [-0.4, -0.2) is 12.2 Å². The Hall–Kier alpha value is -2.00. The van der Waals surface area contributed by atoms with Crippen molar-refractivity contribution in [3.63, 3.8) is 0 Å². The van der Waals surface area contributed by atoms with Gasteiger partial charge in [-0.15, -0.1) is 0 Å². The largest absolute Gasteiger partial charge is 0.496 e. The molecule has 0 spiro atoms. The minimum atomic E-state index is 0.0135. The molecular weight excluding hydrogens is 264 g/mol. The van der Waals surface area contributed by atoms with E-state index < -0.39 is 0 Å². The predicted molar refractivity (Wildman–Crippen MR) is 83.8 cm³/mol. The van der Waals surface area contributed by atoms with E-state index in [2.05, 4.69) is 19.9 Å². The number of benzene rings is 2. The summed E-state index contributed by atoms with van der Waals surface area (Å²) in [5, 5.41) is 9.25. The molecule has 0 aliphatic rings. The second-order valence-corrected chi connectivity index (χ2v) is 5.29. The van der Waals surface area contributed by atoms with E-state index in [-0.39, 0.29) is 6.61 Å². The van der Waals surface area contributed by atoms with E-state index in [1.807, 2.05) is 36.4 Å². The van der Waals surface area contributed by atoms with Crippen molar-refractivity contribution >= 4 is 0 Å². The van der Waals surface area contributed by atoms with E-state index in [0.717, 1.165) is 22.6 Å². The molecule has 1 N–H and O–H groups in total. The Bertz CT molecular complexity index is 591. The molecule has 0 atom stereocenters. The maximum atomic E-state index is 9.25. The fraction of sp³-hybridized carbons (Fsp3) is 0.333. The summed E-state index contributed by atoms with van der Waals surface area (Å²) in [5.41, 5.74) is 2.98. The zero-order valence-electron chi connectivity index (χ0n) is 12.8. The van der Waals surface area contributed by atoms with E-state index in [1.54, 1.807) is 7.11 Å². The Labute approximate surface area is 126 Å². The lowest BCUT2D eigenvalue weighted by atomic mass is 10.0. The molecule has 21 heavy (non-hydrogen) atoms. The van der Waals surface area contributed by atoms with Gasteiger partial charge in [0.1, 0.15) is 18.1 Å². The SMILES string of the molecule is COc1ccc(CO)cc1COc1ccccc1C(C)C. The average Bonchev–Trinajstić information content (AvgIpc) is 2.52. The number of para-hydroxylation sites is 1. The lowest BCUT2D eigenvalue weighted by Crippen LogP contribution is -2.02. The Morgan fingerprint density at radius 1 is 1.05 bits per heavy atom. The van der Waals surface area contributed by atoms with Crippen molar-refractivity contribution in [1.29, 1.82) is 0 Å². The first kappa shape index (κ1) is 15.4. The van der Waals surface area contributed by atoms with Gasteiger partial charge in [-0.25, -0.2) is 0 Å². The number of hydrogen-bond acceptors (Lipinski definition) is 3. The molecule has 0 radical (unpaired) electrons. The van der Waals surface area contributed by atoms with Gasteiger partial charge >= 0.3 is 0 Å². The first-order chi connectivity index (χ1) is 10.2. The summed E-state index contributed by atoms with van der Waals surface area (Å²) >= 11 is 0. The fourth-order valence-electron chi connectivity index (χ4n) is 2.29. The van der Waals surface area contributed by atoms with Crippen LogP contribution in [0.3, 0.4) is 0 Å². The van der Waals surface area contributed by atoms with Gasteiger partial charge < -0.3 is 14.6 Å². The van der Waals surface area contributed by atoms with Crippen molar-refractivity contribution in [2.24, 2.45) is 0 Å². The third-order valence-corrected chi connectivity index (χ3v) is 3.45. The molecule has 0 unspecified atom stereocenters. The van der Waals surface area contributed by atoms with Gasteiger partial charge in [0.25, 0.3) is 0 Å². The van der Waals surface area contributed by atoms with Crippen molar-refractivity contribution in [3.8, 4) is 11.5 Å². The van der Waals surface area contributed by atoms with Crippen LogP contribution in [0, 0.1) is 0 Å². The van der Waals surface area contributed by atoms with Crippen LogP contribution in [0.15, 0.2) is 42.5 Å². The minimum Gasteiger partial charge on any atom is -0.496 e. The third kappa shape index (κ3) is 3.76. The molecule has 3 heteroatoms. The summed E-state index contributed by atoms with van der Waals surface area (Å²) in [7, 11) is 1.64. The standard InChI is InChI=1S/C18H22O3/c1-13(2)16-6-4-5-7-18(16)21-12-15-10-14(11-19)8-9-17(15)20-3/h4-10,13,19H,11-12H2,1-3H3. The highest BCUT2D eigenvalue weighted by atomic mass is 16.5. The monoisotopic (exact) mass is 286 g/mol. The van der Waals surface area contributed by atoms with E-state index in [0.29, 0.717) is 12.5 Å². The highest BCUT2D eigenvalue weighted by Crippen LogP contribution is 2.28. The Balaban J connectivity index is 2.20. The van der Waals surface area contributed by atoms with Crippen LogP contribution in [0.5, 0.6) is 11.5 Å². The number of aliphatic hydroxyl groups excluding tert-OH is 1. The zero-order valence-corrected chi connectivity index (χ0v) is 12.8. The molecule has 0 saturated heterocycles. The van der Waals surface area contributed by atoms with Gasteiger partial charge in [-0.2, -0.15) is 0 Å². The normalized spacial score (nSPS) is 10.7. The molecule has 0 amide bonds. The minimum absolute atomic E-state index is 0.0135. The van der Waals surface area contributed by atoms with E-state index >= 15 is 0 Å². The highest BCUT2D eigenvalue weighted by molar-refractivity contribution is 5.39. The molecule has 0 aliphatic carbocycles. The van der Waals surface area contributed by atoms with Gasteiger partial charge in [-0.1, -0.05) is 38.1 Å². The molecule has 2 aromatic carbocycles. The molecular formula is C18H22O3. The van der Waals surface area contributed by atoms with Gasteiger partial charge in [0.2, 0.25) is 0 Å². The maximum absolute atomic E-state index is 9.25. The topological polar surface area (TPSA) is 38.7 Å². The number of aliphatic hydroxyl groups is 1. The zero-order chi connectivity index (χ0) is 15.2. The van der Waals surface area contributed by atoms with Crippen LogP contribution in [0.4, 0.5) is 0 Å². The summed E-state index contributed by atoms with van der Waals surface area (Å²) in [6, 6.07) is 13.7. The Kier molecular flexibility index (Phi) is 5.23. The second kappa shape index (κ2) is 7.14. The molecule has 0 aliphatic heterocycles. The summed E-state index contributed by atoms with van der Waals surface area (Å²) in [4.78, 5) is 0. The molecule has 3 nitrogen and oxygen atoms in total. The Morgan fingerprint density at radius 2 is 1.81 bits per heavy atom. The predicted octanol–water partition coefficient (Wildman–Crippen LogP) is 3.89. The van der Waals surface area contributed by atoms with E-state index in [9.17, 15) is 5.11 Å². The first-order valence-electron chi connectivity index (χ1n) is 7.14. The number of rotatable bonds is 6. The van der Waals surface area contributed by atoms with Gasteiger partial charge in [0.15, 0.2) is 0 Å². The van der Waals surface area contributed by atoms with Gasteiger partial charge in [0, 0.05) is 5.56 Å². The van der Waals surface area contributed by atoms with Gasteiger partial charge in [-0.3, -0.25) is 0 Å². The molecule has 112 valence electrons. The summed E-state index contributed by atoms with van der Waals surface area (Å²) in [5.74, 6) is 2.07. The lowest BCUT2D eigenvalue weighted by Gasteiger charge is -2.15. The first-order valence-corrected chi connectivity index (χ1v) is 7.14. The molecule has 2 rings (SSSR count). The van der Waals surface area contributed by atoms with Crippen molar-refractivity contribution in [3.05, 3.63) is 59.2 Å². The molecule has 2 aromatic rings. The van der Waals surface area contributed by atoms with Crippen molar-refractivity contribution in [2.75, 3.05) is 7.11 Å². The number of methoxy groups -OCH3 is 1. The van der Waals surface area contributed by atoms with E-state index in [1.165, 1.54) is 5.56 Å². The van der Waals surface area contributed by atoms with Crippen molar-refractivity contribution < 1.29 is 14.6 Å². The number of hydrogen-bond donors (Lipinski definition) is 1. The van der Waals surface area contributed by atoms with Gasteiger partial charge in [0.05, 0.1) is 13.7 Å². The van der Waals surface area contributed by atoms with Crippen LogP contribution < -0.4 is 9.47 Å². The highest BCUT2D eigenvalue weighted by Gasteiger charge is 2.09. The fourth-order valence-corrected chi connectivity index (χ4v) is 2.29.